The zero-order chi connectivity index (χ0) is 25.8. The summed E-state index contributed by atoms with van der Waals surface area (Å²) in [6.45, 7) is 13.2. The summed E-state index contributed by atoms with van der Waals surface area (Å²) < 4.78 is 0. The summed E-state index contributed by atoms with van der Waals surface area (Å²) in [4.78, 5) is 22.6. The van der Waals surface area contributed by atoms with Crippen LogP contribution in [0.1, 0.15) is 32.6 Å². The number of carbonyl (C=O) groups is 1. The molecular weight excluding hydrogens is 466 g/mol. The first-order chi connectivity index (χ1) is 18.0. The van der Waals surface area contributed by atoms with Crippen molar-refractivity contribution in [1.29, 1.82) is 0 Å². The Labute approximate surface area is 223 Å². The maximum absolute atomic E-state index is 12.4. The van der Waals surface area contributed by atoms with Crippen LogP contribution in [0.2, 0.25) is 0 Å². The Morgan fingerprint density at radius 1 is 1.03 bits per heavy atom. The van der Waals surface area contributed by atoms with Gasteiger partial charge in [0.15, 0.2) is 0 Å². The van der Waals surface area contributed by atoms with Crippen molar-refractivity contribution in [1.82, 2.24) is 40.9 Å². The number of nitrogens with one attached hydrogen (secondary N) is 4. The lowest BCUT2D eigenvalue weighted by Crippen LogP contribution is -2.77. The third kappa shape index (κ3) is 6.55. The van der Waals surface area contributed by atoms with Crippen LogP contribution in [0.3, 0.4) is 0 Å². The van der Waals surface area contributed by atoms with E-state index in [4.69, 9.17) is 5.73 Å². The number of nitrogens with zero attached hydrogens (tertiary/aromatic N) is 4. The summed E-state index contributed by atoms with van der Waals surface area (Å²) in [6.07, 6.45) is 11.3. The van der Waals surface area contributed by atoms with Crippen molar-refractivity contribution in [3.63, 3.8) is 0 Å². The molecule has 5 unspecified atom stereocenters. The monoisotopic (exact) mass is 515 g/mol. The van der Waals surface area contributed by atoms with Gasteiger partial charge in [0.1, 0.15) is 6.04 Å². The first-order valence-electron chi connectivity index (χ1n) is 14.6. The Balaban J connectivity index is 1.14. The van der Waals surface area contributed by atoms with E-state index in [9.17, 15) is 4.79 Å². The number of likely N-dealkylation sites (tertiary alicyclic amines) is 1. The predicted octanol–water partition coefficient (Wildman–Crippen LogP) is -1.12. The SMILES string of the molecule is CCC1NC(C(N)=O)C(NC2C=CC(N3CCC(N4CCN(C)CC4)CC3)=CC2)NC1N1CCNCC1. The third-order valence-electron chi connectivity index (χ3n) is 9.11. The van der Waals surface area contributed by atoms with Crippen molar-refractivity contribution >= 4 is 5.91 Å². The molecule has 5 aliphatic rings. The number of amides is 1. The molecule has 10 heteroatoms. The molecule has 5 atom stereocenters. The average molecular weight is 516 g/mol. The lowest BCUT2D eigenvalue weighted by molar-refractivity contribution is -0.123. The molecule has 0 aromatic heterocycles. The van der Waals surface area contributed by atoms with Crippen LogP contribution in [-0.4, -0.2) is 135 Å². The Bertz CT molecular complexity index is 813. The zero-order valence-electron chi connectivity index (χ0n) is 22.9. The van der Waals surface area contributed by atoms with E-state index in [1.165, 1.54) is 44.7 Å². The number of rotatable bonds is 7. The van der Waals surface area contributed by atoms with E-state index in [1.807, 2.05) is 0 Å². The van der Waals surface area contributed by atoms with Crippen LogP contribution < -0.4 is 27.0 Å². The van der Waals surface area contributed by atoms with Gasteiger partial charge < -0.3 is 20.9 Å². The lowest BCUT2D eigenvalue weighted by atomic mass is 9.98. The molecule has 0 bridgehead atoms. The third-order valence-corrected chi connectivity index (χ3v) is 9.11. The van der Waals surface area contributed by atoms with Crippen molar-refractivity contribution in [3.8, 4) is 0 Å². The maximum atomic E-state index is 12.4. The molecule has 208 valence electrons. The Hall–Kier alpha value is -1.53. The fraction of sp³-hybridized carbons (Fsp3) is 0.815. The number of hydrogen-bond donors (Lipinski definition) is 5. The van der Waals surface area contributed by atoms with Crippen LogP contribution in [0, 0.1) is 0 Å². The second-order valence-electron chi connectivity index (χ2n) is 11.5. The minimum atomic E-state index is -0.434. The van der Waals surface area contributed by atoms with Crippen molar-refractivity contribution in [2.45, 2.75) is 69.1 Å². The standard InChI is InChI=1S/C27H49N9O/c1-3-23-27(36-14-10-29-11-15-36)32-26(24(31-23)25(28)37)30-20-4-6-21(7-5-20)34-12-8-22(9-13-34)35-18-16-33(2)17-19-35/h4,6-7,20,22-24,26-27,29-32H,3,5,8-19H2,1-2H3,(H2,28,37). The van der Waals surface area contributed by atoms with Gasteiger partial charge in [-0.3, -0.25) is 30.5 Å². The van der Waals surface area contributed by atoms with Crippen molar-refractivity contribution in [2.75, 3.05) is 72.5 Å². The van der Waals surface area contributed by atoms with Gasteiger partial charge in [-0.1, -0.05) is 19.1 Å². The topological polar surface area (TPSA) is 104 Å². The van der Waals surface area contributed by atoms with Crippen LogP contribution in [0.25, 0.3) is 0 Å². The van der Waals surface area contributed by atoms with E-state index in [1.54, 1.807) is 0 Å². The van der Waals surface area contributed by atoms with Crippen LogP contribution in [0.5, 0.6) is 0 Å². The summed E-state index contributed by atoms with van der Waals surface area (Å²) in [7, 11) is 2.23. The van der Waals surface area contributed by atoms with E-state index >= 15 is 0 Å². The molecule has 0 spiro atoms. The van der Waals surface area contributed by atoms with Gasteiger partial charge in [0.25, 0.3) is 0 Å². The van der Waals surface area contributed by atoms with Crippen LogP contribution in [0.15, 0.2) is 23.9 Å². The smallest absolute Gasteiger partial charge is 0.237 e. The molecule has 10 nitrogen and oxygen atoms in total. The average Bonchev–Trinajstić information content (AvgIpc) is 2.94. The molecule has 0 aromatic carbocycles. The molecule has 4 saturated heterocycles. The minimum absolute atomic E-state index is 0.176. The lowest BCUT2D eigenvalue weighted by Gasteiger charge is -2.48. The number of piperidine rings is 1. The molecule has 4 aliphatic heterocycles. The van der Waals surface area contributed by atoms with E-state index < -0.39 is 6.04 Å². The number of allylic oxidation sites excluding steroid dienone is 1. The highest BCUT2D eigenvalue weighted by Gasteiger charge is 2.41. The fourth-order valence-electron chi connectivity index (χ4n) is 6.74. The Kier molecular flexibility index (Phi) is 9.18. The van der Waals surface area contributed by atoms with E-state index in [0.29, 0.717) is 0 Å². The highest BCUT2D eigenvalue weighted by molar-refractivity contribution is 5.81. The van der Waals surface area contributed by atoms with Gasteiger partial charge in [-0.05, 0) is 38.8 Å². The number of primary amides is 1. The van der Waals surface area contributed by atoms with E-state index in [0.717, 1.165) is 58.2 Å². The van der Waals surface area contributed by atoms with Gasteiger partial charge in [-0.25, -0.2) is 0 Å². The summed E-state index contributed by atoms with van der Waals surface area (Å²) in [5.41, 5.74) is 7.20. The number of carbonyl (C=O) groups excluding carboxylic acids is 1. The molecule has 0 saturated carbocycles. The summed E-state index contributed by atoms with van der Waals surface area (Å²) in [5.74, 6) is -0.304. The van der Waals surface area contributed by atoms with Crippen molar-refractivity contribution in [2.24, 2.45) is 5.73 Å². The van der Waals surface area contributed by atoms with E-state index in [2.05, 4.69) is 73.1 Å². The van der Waals surface area contributed by atoms with E-state index in [-0.39, 0.29) is 30.3 Å². The van der Waals surface area contributed by atoms with Gasteiger partial charge in [0, 0.05) is 89.3 Å². The van der Waals surface area contributed by atoms with Crippen molar-refractivity contribution in [3.05, 3.63) is 23.9 Å². The highest BCUT2D eigenvalue weighted by Crippen LogP contribution is 2.24. The number of hydrogen-bond acceptors (Lipinski definition) is 9. The van der Waals surface area contributed by atoms with Gasteiger partial charge in [-0.15, -0.1) is 0 Å². The zero-order valence-corrected chi connectivity index (χ0v) is 22.9. The number of piperazine rings is 3. The first kappa shape index (κ1) is 27.1. The molecule has 0 radical (unpaired) electrons. The van der Waals surface area contributed by atoms with Gasteiger partial charge in [-0.2, -0.15) is 0 Å². The largest absolute Gasteiger partial charge is 0.372 e. The van der Waals surface area contributed by atoms with Crippen molar-refractivity contribution < 1.29 is 4.79 Å². The molecule has 4 fully saturated rings. The van der Waals surface area contributed by atoms with Gasteiger partial charge >= 0.3 is 0 Å². The van der Waals surface area contributed by atoms with Crippen LogP contribution >= 0.6 is 0 Å². The normalized spacial score (nSPS) is 35.5. The predicted molar refractivity (Wildman–Crippen MR) is 148 cm³/mol. The molecule has 6 N–H and O–H groups in total. The molecule has 1 aliphatic carbocycles. The Morgan fingerprint density at radius 2 is 1.76 bits per heavy atom. The summed E-state index contributed by atoms with van der Waals surface area (Å²) >= 11 is 0. The van der Waals surface area contributed by atoms with Crippen LogP contribution in [-0.2, 0) is 4.79 Å². The molecule has 37 heavy (non-hydrogen) atoms. The fourth-order valence-corrected chi connectivity index (χ4v) is 6.74. The van der Waals surface area contributed by atoms with Gasteiger partial charge in [0.2, 0.25) is 5.91 Å². The van der Waals surface area contributed by atoms with Gasteiger partial charge in [0.05, 0.1) is 12.3 Å². The molecular formula is C27H49N9O. The number of nitrogens with two attached hydrogens (primary N) is 1. The van der Waals surface area contributed by atoms with Crippen LogP contribution in [0.4, 0.5) is 0 Å². The number of likely N-dealkylation sites (N-methyl/N-ethyl adjacent to an activating group) is 1. The maximum Gasteiger partial charge on any atom is 0.237 e. The molecule has 4 heterocycles. The molecule has 1 amide bonds. The minimum Gasteiger partial charge on any atom is -0.372 e. The second kappa shape index (κ2) is 12.5. The Morgan fingerprint density at radius 3 is 2.38 bits per heavy atom. The first-order valence-corrected chi connectivity index (χ1v) is 14.6. The summed E-state index contributed by atoms with van der Waals surface area (Å²) in [6, 6.07) is 0.667. The quantitative estimate of drug-likeness (QED) is 0.289. The molecule has 5 rings (SSSR count). The second-order valence-corrected chi connectivity index (χ2v) is 11.5. The summed E-state index contributed by atoms with van der Waals surface area (Å²) in [5, 5.41) is 14.5. The molecule has 0 aromatic rings. The highest BCUT2D eigenvalue weighted by atomic mass is 16.1.